The zero-order valence-corrected chi connectivity index (χ0v) is 20.9. The van der Waals surface area contributed by atoms with Gasteiger partial charge in [-0.05, 0) is 66.6 Å². The summed E-state index contributed by atoms with van der Waals surface area (Å²) in [5, 5.41) is 6.86. The number of nitrogens with zero attached hydrogens (tertiary/aromatic N) is 3. The fourth-order valence-electron chi connectivity index (χ4n) is 3.54. The smallest absolute Gasteiger partial charge is 0.329 e. The molecule has 0 radical (unpaired) electrons. The molecule has 10 heteroatoms. The Labute approximate surface area is 217 Å². The molecule has 1 heterocycles. The Balaban J connectivity index is 1.33. The second-order valence-electron chi connectivity index (χ2n) is 8.08. The van der Waals surface area contributed by atoms with Gasteiger partial charge in [0, 0.05) is 12.1 Å². The molecule has 3 aromatic carbocycles. The first-order valence-electron chi connectivity index (χ1n) is 11.3. The van der Waals surface area contributed by atoms with Crippen molar-refractivity contribution >= 4 is 35.3 Å². The minimum absolute atomic E-state index is 0.0174. The number of anilines is 1. The minimum Gasteiger partial charge on any atom is -0.489 e. The molecule has 1 aromatic heterocycles. The van der Waals surface area contributed by atoms with E-state index in [1.54, 1.807) is 73.3 Å². The second-order valence-corrected chi connectivity index (χ2v) is 8.51. The molecule has 0 aliphatic carbocycles. The number of nitrogens with one attached hydrogen (secondary N) is 2. The zero-order chi connectivity index (χ0) is 26.4. The van der Waals surface area contributed by atoms with Gasteiger partial charge in [0.2, 0.25) is 0 Å². The highest BCUT2D eigenvalue weighted by Gasteiger charge is 2.21. The molecule has 4 aromatic rings. The number of ether oxygens (including phenoxy) is 1. The van der Waals surface area contributed by atoms with Crippen LogP contribution in [-0.2, 0) is 23.2 Å². The molecular formula is C27H24ClN5O4. The number of hydrazone groups is 1. The van der Waals surface area contributed by atoms with E-state index in [0.29, 0.717) is 34.3 Å². The summed E-state index contributed by atoms with van der Waals surface area (Å²) in [6.45, 7) is 2.05. The van der Waals surface area contributed by atoms with Gasteiger partial charge in [-0.15, -0.1) is 0 Å². The van der Waals surface area contributed by atoms with Gasteiger partial charge in [-0.1, -0.05) is 41.9 Å². The number of hydrogen-bond acceptors (Lipinski definition) is 5. The fraction of sp³-hybridized carbons (Fsp3) is 0.111. The molecule has 4 rings (SSSR count). The van der Waals surface area contributed by atoms with Gasteiger partial charge < -0.3 is 10.1 Å². The summed E-state index contributed by atoms with van der Waals surface area (Å²) in [4.78, 5) is 37.5. The van der Waals surface area contributed by atoms with Crippen LogP contribution in [0.3, 0.4) is 0 Å². The normalized spacial score (nSPS) is 10.9. The van der Waals surface area contributed by atoms with Crippen LogP contribution in [0.4, 0.5) is 5.69 Å². The highest BCUT2D eigenvalue weighted by atomic mass is 35.5. The lowest BCUT2D eigenvalue weighted by atomic mass is 10.2. The van der Waals surface area contributed by atoms with Crippen LogP contribution >= 0.6 is 11.6 Å². The summed E-state index contributed by atoms with van der Waals surface area (Å²) >= 11 is 5.98. The Bertz CT molecular complexity index is 1510. The van der Waals surface area contributed by atoms with E-state index in [1.165, 1.54) is 10.9 Å². The standard InChI is InChI=1S/C27H24ClN5O4/c1-18-24(27(36)33(32(18)2)22-9-4-3-5-10-22)30-25(34)26(35)31-29-16-19-11-13-23(14-12-19)37-17-20-7-6-8-21(28)15-20/h3-16H,17H2,1-2H3,(H,30,34)(H,31,35). The van der Waals surface area contributed by atoms with Crippen LogP contribution in [0.2, 0.25) is 5.02 Å². The van der Waals surface area contributed by atoms with E-state index in [9.17, 15) is 14.4 Å². The van der Waals surface area contributed by atoms with Crippen LogP contribution in [0.5, 0.6) is 5.75 Å². The van der Waals surface area contributed by atoms with Gasteiger partial charge in [-0.25, -0.2) is 10.1 Å². The maximum atomic E-state index is 12.9. The lowest BCUT2D eigenvalue weighted by Gasteiger charge is -2.07. The van der Waals surface area contributed by atoms with Crippen molar-refractivity contribution in [2.75, 3.05) is 5.32 Å². The molecular weight excluding hydrogens is 494 g/mol. The number of benzene rings is 3. The Kier molecular flexibility index (Phi) is 7.85. The highest BCUT2D eigenvalue weighted by Crippen LogP contribution is 2.16. The van der Waals surface area contributed by atoms with Gasteiger partial charge in [0.25, 0.3) is 5.56 Å². The van der Waals surface area contributed by atoms with E-state index in [1.807, 2.05) is 24.3 Å². The molecule has 0 fully saturated rings. The van der Waals surface area contributed by atoms with Crippen molar-refractivity contribution in [3.8, 4) is 11.4 Å². The molecule has 0 saturated carbocycles. The topological polar surface area (TPSA) is 107 Å². The van der Waals surface area contributed by atoms with Crippen LogP contribution in [-0.4, -0.2) is 27.4 Å². The third-order valence-corrected chi connectivity index (χ3v) is 5.79. The maximum absolute atomic E-state index is 12.9. The summed E-state index contributed by atoms with van der Waals surface area (Å²) < 4.78 is 8.74. The van der Waals surface area contributed by atoms with Gasteiger partial charge in [-0.3, -0.25) is 19.1 Å². The first-order valence-corrected chi connectivity index (χ1v) is 11.7. The number of hydrogen-bond donors (Lipinski definition) is 2. The summed E-state index contributed by atoms with van der Waals surface area (Å²) in [5.41, 5.74) is 4.49. The lowest BCUT2D eigenvalue weighted by molar-refractivity contribution is -0.136. The number of para-hydroxylation sites is 1. The lowest BCUT2D eigenvalue weighted by Crippen LogP contribution is -2.34. The summed E-state index contributed by atoms with van der Waals surface area (Å²) in [6, 6.07) is 23.4. The number of carbonyl (C=O) groups is 2. The van der Waals surface area contributed by atoms with Crippen molar-refractivity contribution in [3.63, 3.8) is 0 Å². The predicted molar refractivity (Wildman–Crippen MR) is 142 cm³/mol. The van der Waals surface area contributed by atoms with Crippen LogP contribution < -0.4 is 21.0 Å². The van der Waals surface area contributed by atoms with Crippen molar-refractivity contribution in [1.29, 1.82) is 0 Å². The molecule has 9 nitrogen and oxygen atoms in total. The summed E-state index contributed by atoms with van der Waals surface area (Å²) in [6.07, 6.45) is 1.39. The summed E-state index contributed by atoms with van der Waals surface area (Å²) in [5.74, 6) is -1.36. The number of rotatable bonds is 7. The molecule has 2 N–H and O–H groups in total. The van der Waals surface area contributed by atoms with E-state index in [0.717, 1.165) is 5.56 Å². The van der Waals surface area contributed by atoms with E-state index in [2.05, 4.69) is 15.8 Å². The molecule has 0 spiro atoms. The quantitative estimate of drug-likeness (QED) is 0.221. The van der Waals surface area contributed by atoms with E-state index < -0.39 is 17.4 Å². The molecule has 0 aliphatic rings. The third-order valence-electron chi connectivity index (χ3n) is 5.55. The van der Waals surface area contributed by atoms with Crippen molar-refractivity contribution in [2.24, 2.45) is 12.1 Å². The minimum atomic E-state index is -1.01. The molecule has 0 aliphatic heterocycles. The molecule has 0 atom stereocenters. The van der Waals surface area contributed by atoms with Gasteiger partial charge in [0.15, 0.2) is 0 Å². The average molecular weight is 518 g/mol. The van der Waals surface area contributed by atoms with Gasteiger partial charge in [0.1, 0.15) is 18.0 Å². The van der Waals surface area contributed by atoms with Gasteiger partial charge in [-0.2, -0.15) is 5.10 Å². The van der Waals surface area contributed by atoms with Gasteiger partial charge in [0.05, 0.1) is 17.6 Å². The van der Waals surface area contributed by atoms with Crippen LogP contribution in [0.15, 0.2) is 88.8 Å². The average Bonchev–Trinajstić information content (AvgIpc) is 3.11. The van der Waals surface area contributed by atoms with Crippen molar-refractivity contribution in [2.45, 2.75) is 13.5 Å². The van der Waals surface area contributed by atoms with Crippen molar-refractivity contribution in [3.05, 3.63) is 111 Å². The van der Waals surface area contributed by atoms with Crippen molar-refractivity contribution < 1.29 is 14.3 Å². The first kappa shape index (κ1) is 25.5. The zero-order valence-electron chi connectivity index (χ0n) is 20.1. The number of amides is 2. The van der Waals surface area contributed by atoms with E-state index in [4.69, 9.17) is 16.3 Å². The Hall–Kier alpha value is -4.63. The van der Waals surface area contributed by atoms with Crippen LogP contribution in [0, 0.1) is 6.92 Å². The highest BCUT2D eigenvalue weighted by molar-refractivity contribution is 6.39. The molecule has 0 saturated heterocycles. The Morgan fingerprint density at radius 2 is 1.73 bits per heavy atom. The number of aromatic nitrogens is 2. The van der Waals surface area contributed by atoms with E-state index >= 15 is 0 Å². The number of halogens is 1. The summed E-state index contributed by atoms with van der Waals surface area (Å²) in [7, 11) is 1.69. The molecule has 0 unspecified atom stereocenters. The first-order chi connectivity index (χ1) is 17.8. The van der Waals surface area contributed by atoms with Gasteiger partial charge >= 0.3 is 11.8 Å². The largest absolute Gasteiger partial charge is 0.489 e. The fourth-order valence-corrected chi connectivity index (χ4v) is 3.76. The maximum Gasteiger partial charge on any atom is 0.329 e. The Morgan fingerprint density at radius 3 is 2.43 bits per heavy atom. The SMILES string of the molecule is Cc1c(NC(=O)C(=O)NN=Cc2ccc(OCc3cccc(Cl)c3)cc2)c(=O)n(-c2ccccc2)n1C. The Morgan fingerprint density at radius 1 is 1.00 bits per heavy atom. The monoisotopic (exact) mass is 517 g/mol. The molecule has 188 valence electrons. The molecule has 37 heavy (non-hydrogen) atoms. The second kappa shape index (κ2) is 11.4. The van der Waals surface area contributed by atoms with Crippen LogP contribution in [0.1, 0.15) is 16.8 Å². The third kappa shape index (κ3) is 6.14. The van der Waals surface area contributed by atoms with E-state index in [-0.39, 0.29) is 5.69 Å². The van der Waals surface area contributed by atoms with Crippen LogP contribution in [0.25, 0.3) is 5.69 Å². The molecule has 0 bridgehead atoms. The predicted octanol–water partition coefficient (Wildman–Crippen LogP) is 3.81. The van der Waals surface area contributed by atoms with Crippen molar-refractivity contribution in [1.82, 2.24) is 14.8 Å². The molecule has 2 amide bonds. The number of carbonyl (C=O) groups excluding carboxylic acids is 2.